The van der Waals surface area contributed by atoms with Crippen LogP contribution in [0.25, 0.3) is 0 Å². The summed E-state index contributed by atoms with van der Waals surface area (Å²) in [5, 5.41) is -1.59. The minimum atomic E-state index is -4.69. The molecular weight excluding hydrogens is 159 g/mol. The zero-order chi connectivity index (χ0) is 7.49. The van der Waals surface area contributed by atoms with E-state index in [4.69, 9.17) is 0 Å². The third-order valence-corrected chi connectivity index (χ3v) is 0.754. The molecule has 5 heteroatoms. The van der Waals surface area contributed by atoms with E-state index in [0.29, 0.717) is 0 Å². The lowest BCUT2D eigenvalue weighted by atomic mass is 10.6. The van der Waals surface area contributed by atoms with E-state index in [0.717, 1.165) is 5.73 Å². The Morgan fingerprint density at radius 3 is 2.00 bits per heavy atom. The predicted octanol–water partition coefficient (Wildman–Crippen LogP) is 2.75. The van der Waals surface area contributed by atoms with Gasteiger partial charge in [0.05, 0.1) is 0 Å². The van der Waals surface area contributed by atoms with Crippen molar-refractivity contribution in [2.75, 3.05) is 0 Å². The molecule has 0 radical (unpaired) electrons. The minimum Gasteiger partial charge on any atom is -0.206 e. The molecule has 0 aliphatic rings. The van der Waals surface area contributed by atoms with E-state index in [1.165, 1.54) is 0 Å². The second-order valence-electron chi connectivity index (χ2n) is 1.07. The highest BCUT2D eigenvalue weighted by Crippen LogP contribution is 2.27. The van der Waals surface area contributed by atoms with Crippen LogP contribution in [-0.2, 0) is 0 Å². The molecule has 9 heavy (non-hydrogen) atoms. The van der Waals surface area contributed by atoms with Crippen LogP contribution < -0.4 is 0 Å². The maximum Gasteiger partial charge on any atom is 0.434 e. The van der Waals surface area contributed by atoms with E-state index < -0.39 is 17.5 Å². The molecule has 0 N–H and O–H groups in total. The van der Waals surface area contributed by atoms with Gasteiger partial charge in [0.15, 0.2) is 5.03 Å². The predicted molar refractivity (Wildman–Crippen MR) is 24.6 cm³/mol. The molecule has 0 bridgehead atoms. The summed E-state index contributed by atoms with van der Waals surface area (Å²) in [5.41, 5.74) is 1.15. The number of alkyl halides is 3. The zero-order valence-corrected chi connectivity index (χ0v) is 4.72. The lowest BCUT2D eigenvalue weighted by molar-refractivity contribution is -0.0843. The van der Waals surface area contributed by atoms with Crippen molar-refractivity contribution < 1.29 is 17.6 Å². The minimum absolute atomic E-state index is 0.393. The highest BCUT2D eigenvalue weighted by molar-refractivity contribution is 6.30. The highest BCUT2D eigenvalue weighted by Gasteiger charge is 2.32. The molecular formula is C4HClF4. The highest BCUT2D eigenvalue weighted by atomic mass is 35.5. The fourth-order valence-electron chi connectivity index (χ4n) is 0.130. The van der Waals surface area contributed by atoms with Crippen LogP contribution in [0.5, 0.6) is 0 Å². The lowest BCUT2D eigenvalue weighted by Gasteiger charge is -1.98. The molecule has 0 atom stereocenters. The van der Waals surface area contributed by atoms with E-state index in [1.807, 2.05) is 0 Å². The Kier molecular flexibility index (Phi) is 2.74. The molecule has 0 aliphatic heterocycles. The number of hydrogen-bond donors (Lipinski definition) is 0. The number of hydrogen-bond acceptors (Lipinski definition) is 0. The van der Waals surface area contributed by atoms with Crippen molar-refractivity contribution in [3.63, 3.8) is 0 Å². The quantitative estimate of drug-likeness (QED) is 0.378. The van der Waals surface area contributed by atoms with Gasteiger partial charge in [-0.05, 0) is 0 Å². The topological polar surface area (TPSA) is 0 Å². The van der Waals surface area contributed by atoms with Gasteiger partial charge in [-0.1, -0.05) is 17.3 Å². The molecule has 0 aromatic heterocycles. The van der Waals surface area contributed by atoms with Crippen LogP contribution in [0, 0.1) is 0 Å². The van der Waals surface area contributed by atoms with Crippen LogP contribution in [0.1, 0.15) is 0 Å². The normalized spacial score (nSPS) is 10.3. The van der Waals surface area contributed by atoms with E-state index in [1.54, 1.807) is 0 Å². The van der Waals surface area contributed by atoms with Gasteiger partial charge >= 0.3 is 6.18 Å². The van der Waals surface area contributed by atoms with Gasteiger partial charge in [0.25, 0.3) is 0 Å². The van der Waals surface area contributed by atoms with Crippen molar-refractivity contribution in [3.8, 4) is 0 Å². The molecule has 0 saturated carbocycles. The van der Waals surface area contributed by atoms with Crippen LogP contribution >= 0.6 is 11.6 Å². The van der Waals surface area contributed by atoms with E-state index in [9.17, 15) is 17.6 Å². The van der Waals surface area contributed by atoms with Gasteiger partial charge in [-0.15, -0.1) is 0 Å². The molecule has 0 unspecified atom stereocenters. The Balaban J connectivity index is 4.40. The summed E-state index contributed by atoms with van der Waals surface area (Å²) in [7, 11) is 0. The van der Waals surface area contributed by atoms with Crippen LogP contribution in [-0.4, -0.2) is 6.18 Å². The van der Waals surface area contributed by atoms with Crippen molar-refractivity contribution in [2.45, 2.75) is 6.18 Å². The van der Waals surface area contributed by atoms with Crippen LogP contribution in [0.3, 0.4) is 0 Å². The van der Waals surface area contributed by atoms with Crippen molar-refractivity contribution in [1.82, 2.24) is 0 Å². The second-order valence-corrected chi connectivity index (χ2v) is 1.44. The van der Waals surface area contributed by atoms with Gasteiger partial charge in [-0.3, -0.25) is 0 Å². The first-order chi connectivity index (χ1) is 3.98. The number of halogens is 5. The lowest BCUT2D eigenvalue weighted by Crippen LogP contribution is -2.05. The Morgan fingerprint density at radius 2 is 1.89 bits per heavy atom. The summed E-state index contributed by atoms with van der Waals surface area (Å²) in [6.45, 7) is 0. The first-order valence-corrected chi connectivity index (χ1v) is 2.14. The first kappa shape index (κ1) is 8.53. The summed E-state index contributed by atoms with van der Waals surface area (Å²) < 4.78 is 44.6. The molecule has 0 aromatic carbocycles. The molecule has 0 fully saturated rings. The number of rotatable bonds is 0. The monoisotopic (exact) mass is 160 g/mol. The number of allylic oxidation sites excluding steroid dienone is 1. The smallest absolute Gasteiger partial charge is 0.206 e. The average Bonchev–Trinajstić information content (AvgIpc) is 1.64. The van der Waals surface area contributed by atoms with Gasteiger partial charge in [-0.2, -0.15) is 13.2 Å². The standard InChI is InChI=1S/C4HClF4/c5-3(1-2-6)4(7,8)9/h2H. The molecule has 0 aromatic rings. The van der Waals surface area contributed by atoms with Gasteiger partial charge in [-0.25, -0.2) is 4.39 Å². The Bertz CT molecular complexity index is 150. The third kappa shape index (κ3) is 3.16. The average molecular weight is 160 g/mol. The van der Waals surface area contributed by atoms with Crippen molar-refractivity contribution in [2.24, 2.45) is 0 Å². The zero-order valence-electron chi connectivity index (χ0n) is 3.97. The van der Waals surface area contributed by atoms with Crippen LogP contribution in [0.15, 0.2) is 17.1 Å². The second kappa shape index (κ2) is 2.90. The first-order valence-electron chi connectivity index (χ1n) is 1.76. The summed E-state index contributed by atoms with van der Waals surface area (Å²) in [4.78, 5) is 0. The molecule has 0 rings (SSSR count). The molecule has 0 saturated heterocycles. The SMILES string of the molecule is FC=C=C(Cl)C(F)(F)F. The van der Waals surface area contributed by atoms with E-state index in [2.05, 4.69) is 11.6 Å². The summed E-state index contributed by atoms with van der Waals surface area (Å²) in [6, 6.07) is 0. The van der Waals surface area contributed by atoms with Gasteiger partial charge in [0.1, 0.15) is 6.33 Å². The maximum atomic E-state index is 11.2. The third-order valence-electron chi connectivity index (χ3n) is 0.430. The van der Waals surface area contributed by atoms with E-state index in [-0.39, 0.29) is 0 Å². The molecule has 0 nitrogen and oxygen atoms in total. The van der Waals surface area contributed by atoms with Gasteiger partial charge < -0.3 is 0 Å². The molecule has 0 amide bonds. The van der Waals surface area contributed by atoms with Crippen molar-refractivity contribution >= 4 is 11.6 Å². The van der Waals surface area contributed by atoms with E-state index >= 15 is 0 Å². The van der Waals surface area contributed by atoms with Crippen molar-refractivity contribution in [1.29, 1.82) is 0 Å². The largest absolute Gasteiger partial charge is 0.434 e. The summed E-state index contributed by atoms with van der Waals surface area (Å²) >= 11 is 4.47. The maximum absolute atomic E-state index is 11.2. The Labute approximate surface area is 53.4 Å². The van der Waals surface area contributed by atoms with Crippen LogP contribution in [0.4, 0.5) is 17.6 Å². The van der Waals surface area contributed by atoms with Gasteiger partial charge in [0.2, 0.25) is 0 Å². The molecule has 0 spiro atoms. The summed E-state index contributed by atoms with van der Waals surface area (Å²) in [5.74, 6) is 0. The fraction of sp³-hybridized carbons (Fsp3) is 0.250. The molecule has 0 aliphatic carbocycles. The van der Waals surface area contributed by atoms with Crippen molar-refractivity contribution in [3.05, 3.63) is 17.1 Å². The Morgan fingerprint density at radius 1 is 1.44 bits per heavy atom. The molecule has 52 valence electrons. The molecule has 0 heterocycles. The Hall–Kier alpha value is -0.470. The van der Waals surface area contributed by atoms with Crippen LogP contribution in [0.2, 0.25) is 0 Å². The van der Waals surface area contributed by atoms with Gasteiger partial charge in [0, 0.05) is 0 Å². The summed E-state index contributed by atoms with van der Waals surface area (Å²) in [6.07, 6.45) is -5.08. The fourth-order valence-corrected chi connectivity index (χ4v) is 0.171.